The van der Waals surface area contributed by atoms with Crippen molar-refractivity contribution in [1.82, 2.24) is 0 Å². The van der Waals surface area contributed by atoms with Crippen LogP contribution in [-0.2, 0) is 14.3 Å². The van der Waals surface area contributed by atoms with Crippen molar-refractivity contribution >= 4 is 17.6 Å². The Kier molecular flexibility index (Phi) is 8.23. The maximum absolute atomic E-state index is 12.8. The Labute approximate surface area is 171 Å². The minimum atomic E-state index is -0.956. The number of anilines is 1. The number of aryl methyl sites for hydroxylation is 2. The lowest BCUT2D eigenvalue weighted by molar-refractivity contribution is -0.154. The summed E-state index contributed by atoms with van der Waals surface area (Å²) in [4.78, 5) is 26.4. The van der Waals surface area contributed by atoms with E-state index in [-0.39, 0.29) is 31.9 Å². The molecule has 0 N–H and O–H groups in total. The molecule has 0 spiro atoms. The Morgan fingerprint density at radius 1 is 1.14 bits per heavy atom. The van der Waals surface area contributed by atoms with E-state index in [0.29, 0.717) is 5.69 Å². The zero-order valence-electron chi connectivity index (χ0n) is 17.1. The van der Waals surface area contributed by atoms with Crippen LogP contribution in [-0.4, -0.2) is 31.1 Å². The van der Waals surface area contributed by atoms with Crippen molar-refractivity contribution in [2.75, 3.05) is 18.1 Å². The average Bonchev–Trinajstić information content (AvgIpc) is 2.71. The summed E-state index contributed by atoms with van der Waals surface area (Å²) in [7, 11) is 0. The summed E-state index contributed by atoms with van der Waals surface area (Å²) in [5.74, 6) is -0.145. The number of nitriles is 1. The molecule has 0 fully saturated rings. The second-order valence-electron chi connectivity index (χ2n) is 6.73. The van der Waals surface area contributed by atoms with Gasteiger partial charge >= 0.3 is 5.97 Å². The van der Waals surface area contributed by atoms with E-state index in [2.05, 4.69) is 0 Å². The normalized spacial score (nSPS) is 11.2. The van der Waals surface area contributed by atoms with Gasteiger partial charge in [0.1, 0.15) is 5.75 Å². The maximum Gasteiger partial charge on any atom is 0.310 e. The molecule has 2 aromatic rings. The van der Waals surface area contributed by atoms with Crippen molar-refractivity contribution in [1.29, 1.82) is 5.26 Å². The summed E-state index contributed by atoms with van der Waals surface area (Å²) in [6.45, 7) is 5.85. The lowest BCUT2D eigenvalue weighted by atomic mass is 10.1. The van der Waals surface area contributed by atoms with Gasteiger partial charge in [-0.3, -0.25) is 9.59 Å². The van der Waals surface area contributed by atoms with Crippen LogP contribution in [0.1, 0.15) is 30.9 Å². The minimum absolute atomic E-state index is 0.0362. The molecule has 0 radical (unpaired) electrons. The zero-order chi connectivity index (χ0) is 21.2. The Balaban J connectivity index is 1.90. The van der Waals surface area contributed by atoms with Crippen LogP contribution in [0.3, 0.4) is 0 Å². The lowest BCUT2D eigenvalue weighted by Gasteiger charge is -2.25. The molecule has 1 atom stereocenters. The number of rotatable bonds is 9. The molecule has 0 aliphatic carbocycles. The molecular weight excluding hydrogens is 368 g/mol. The Morgan fingerprint density at radius 3 is 2.55 bits per heavy atom. The molecule has 2 rings (SSSR count). The first-order chi connectivity index (χ1) is 13.9. The third kappa shape index (κ3) is 6.65. The highest BCUT2D eigenvalue weighted by atomic mass is 16.6. The van der Waals surface area contributed by atoms with E-state index in [1.165, 1.54) is 11.8 Å². The van der Waals surface area contributed by atoms with Gasteiger partial charge in [-0.05, 0) is 50.1 Å². The van der Waals surface area contributed by atoms with Crippen molar-refractivity contribution in [2.24, 2.45) is 0 Å². The monoisotopic (exact) mass is 394 g/mol. The van der Waals surface area contributed by atoms with Gasteiger partial charge in [-0.25, -0.2) is 0 Å². The first-order valence-corrected chi connectivity index (χ1v) is 9.55. The number of para-hydroxylation sites is 1. The summed E-state index contributed by atoms with van der Waals surface area (Å²) < 4.78 is 11.0. The van der Waals surface area contributed by atoms with Crippen LogP contribution in [0.2, 0.25) is 0 Å². The Bertz CT molecular complexity index is 874. The first-order valence-electron chi connectivity index (χ1n) is 9.55. The van der Waals surface area contributed by atoms with Crippen LogP contribution in [0.5, 0.6) is 5.75 Å². The third-order valence-corrected chi connectivity index (χ3v) is 4.34. The number of hydrogen-bond acceptors (Lipinski definition) is 5. The van der Waals surface area contributed by atoms with E-state index < -0.39 is 12.1 Å². The number of benzene rings is 2. The molecule has 0 aromatic heterocycles. The van der Waals surface area contributed by atoms with Crippen molar-refractivity contribution < 1.29 is 19.1 Å². The molecule has 0 heterocycles. The van der Waals surface area contributed by atoms with Gasteiger partial charge in [-0.15, -0.1) is 0 Å². The summed E-state index contributed by atoms with van der Waals surface area (Å²) in [5, 5.41) is 8.87. The van der Waals surface area contributed by atoms with E-state index in [1.807, 2.05) is 56.3 Å². The van der Waals surface area contributed by atoms with Gasteiger partial charge in [-0.1, -0.05) is 30.3 Å². The van der Waals surface area contributed by atoms with Gasteiger partial charge in [0.05, 0.1) is 25.5 Å². The first kappa shape index (κ1) is 22.0. The number of carbonyl (C=O) groups excluding carboxylic acids is 2. The van der Waals surface area contributed by atoms with Gasteiger partial charge in [0, 0.05) is 12.2 Å². The van der Waals surface area contributed by atoms with E-state index in [1.54, 1.807) is 12.1 Å². The second-order valence-corrected chi connectivity index (χ2v) is 6.73. The van der Waals surface area contributed by atoms with E-state index in [0.717, 1.165) is 16.9 Å². The number of ether oxygens (including phenoxy) is 2. The number of nitrogens with zero attached hydrogens (tertiary/aromatic N) is 2. The van der Waals surface area contributed by atoms with Gasteiger partial charge in [0.2, 0.25) is 0 Å². The molecule has 0 aliphatic rings. The van der Waals surface area contributed by atoms with Crippen molar-refractivity contribution in [3.05, 3.63) is 59.7 Å². The van der Waals surface area contributed by atoms with Crippen molar-refractivity contribution in [3.8, 4) is 11.8 Å². The predicted octanol–water partition coefficient (Wildman–Crippen LogP) is 3.95. The molecule has 0 saturated carbocycles. The molecule has 2 aromatic carbocycles. The van der Waals surface area contributed by atoms with Crippen molar-refractivity contribution in [3.63, 3.8) is 0 Å². The SMILES string of the molecule is Cc1ccc(C)c(OCCC(=O)OC(C)C(=O)N(CCC#N)c2ccccc2)c1. The minimum Gasteiger partial charge on any atom is -0.493 e. The fourth-order valence-corrected chi connectivity index (χ4v) is 2.77. The number of carbonyl (C=O) groups is 2. The highest BCUT2D eigenvalue weighted by molar-refractivity contribution is 5.97. The molecule has 152 valence electrons. The summed E-state index contributed by atoms with van der Waals surface area (Å²) in [6, 6.07) is 16.9. The van der Waals surface area contributed by atoms with Crippen molar-refractivity contribution in [2.45, 2.75) is 39.7 Å². The number of esters is 1. The van der Waals surface area contributed by atoms with Crippen LogP contribution in [0.15, 0.2) is 48.5 Å². The zero-order valence-corrected chi connectivity index (χ0v) is 17.1. The summed E-state index contributed by atoms with van der Waals surface area (Å²) in [6.07, 6.45) is -0.735. The van der Waals surface area contributed by atoms with Crippen LogP contribution >= 0.6 is 0 Å². The fourth-order valence-electron chi connectivity index (χ4n) is 2.77. The molecule has 6 heteroatoms. The fraction of sp³-hybridized carbons (Fsp3) is 0.348. The standard InChI is InChI=1S/C23H26N2O4/c1-17-10-11-18(2)21(16-17)28-15-12-22(26)29-19(3)23(27)25(14-7-13-24)20-8-5-4-6-9-20/h4-6,8-11,16,19H,7,12,14-15H2,1-3H3. The molecule has 1 unspecified atom stereocenters. The van der Waals surface area contributed by atoms with Crippen LogP contribution in [0, 0.1) is 25.2 Å². The lowest BCUT2D eigenvalue weighted by Crippen LogP contribution is -2.40. The smallest absolute Gasteiger partial charge is 0.310 e. The van der Waals surface area contributed by atoms with Gasteiger partial charge in [0.25, 0.3) is 5.91 Å². The largest absolute Gasteiger partial charge is 0.493 e. The molecule has 0 bridgehead atoms. The third-order valence-electron chi connectivity index (χ3n) is 4.34. The Morgan fingerprint density at radius 2 is 1.86 bits per heavy atom. The topological polar surface area (TPSA) is 79.6 Å². The van der Waals surface area contributed by atoms with Gasteiger partial charge < -0.3 is 14.4 Å². The second kappa shape index (κ2) is 10.9. The quantitative estimate of drug-likeness (QED) is 0.602. The highest BCUT2D eigenvalue weighted by Crippen LogP contribution is 2.19. The number of hydrogen-bond donors (Lipinski definition) is 0. The van der Waals surface area contributed by atoms with Crippen LogP contribution in [0.25, 0.3) is 0 Å². The molecule has 0 saturated heterocycles. The van der Waals surface area contributed by atoms with Gasteiger partial charge in [-0.2, -0.15) is 5.26 Å². The molecule has 1 amide bonds. The molecular formula is C23H26N2O4. The maximum atomic E-state index is 12.8. The van der Waals surface area contributed by atoms with Gasteiger partial charge in [0.15, 0.2) is 6.10 Å². The average molecular weight is 394 g/mol. The van der Waals surface area contributed by atoms with Crippen LogP contribution in [0.4, 0.5) is 5.69 Å². The predicted molar refractivity (Wildman–Crippen MR) is 111 cm³/mol. The summed E-state index contributed by atoms with van der Waals surface area (Å²) >= 11 is 0. The van der Waals surface area contributed by atoms with Crippen LogP contribution < -0.4 is 9.64 Å². The molecule has 0 aliphatic heterocycles. The number of amides is 1. The van der Waals surface area contributed by atoms with E-state index in [9.17, 15) is 9.59 Å². The van der Waals surface area contributed by atoms with E-state index in [4.69, 9.17) is 14.7 Å². The Hall–Kier alpha value is -3.33. The summed E-state index contributed by atoms with van der Waals surface area (Å²) in [5.41, 5.74) is 2.73. The van der Waals surface area contributed by atoms with E-state index >= 15 is 0 Å². The highest BCUT2D eigenvalue weighted by Gasteiger charge is 2.24. The molecule has 6 nitrogen and oxygen atoms in total. The molecule has 29 heavy (non-hydrogen) atoms.